The van der Waals surface area contributed by atoms with E-state index in [1.165, 1.54) is 11.1 Å². The fraction of sp³-hybridized carbons (Fsp3) is 0.381. The third-order valence-electron chi connectivity index (χ3n) is 5.21. The molecule has 0 aromatic heterocycles. The van der Waals surface area contributed by atoms with E-state index in [2.05, 4.69) is 74.2 Å². The molecule has 1 aliphatic heterocycles. The van der Waals surface area contributed by atoms with Gasteiger partial charge >= 0.3 is 0 Å². The highest BCUT2D eigenvalue weighted by molar-refractivity contribution is 5.85. The molecule has 2 heteroatoms. The maximum atomic E-state index is 12.9. The fourth-order valence-electron chi connectivity index (χ4n) is 4.13. The van der Waals surface area contributed by atoms with Crippen molar-refractivity contribution >= 4 is 5.78 Å². The lowest BCUT2D eigenvalue weighted by Crippen LogP contribution is -2.49. The smallest absolute Gasteiger partial charge is 0.142 e. The Bertz CT molecular complexity index is 597. The highest BCUT2D eigenvalue weighted by Crippen LogP contribution is 2.45. The second kappa shape index (κ2) is 6.67. The number of Topliss-reactive ketones (excluding diaryl/α,β-unsaturated/α-hetero) is 1. The van der Waals surface area contributed by atoms with Crippen LogP contribution in [0.3, 0.4) is 0 Å². The predicted octanol–water partition coefficient (Wildman–Crippen LogP) is 4.65. The summed E-state index contributed by atoms with van der Waals surface area (Å²) >= 11 is 0. The van der Waals surface area contributed by atoms with E-state index in [1.54, 1.807) is 0 Å². The predicted molar refractivity (Wildman–Crippen MR) is 94.1 cm³/mol. The molecule has 1 aliphatic rings. The standard InChI is InChI=1S/C21H25NO/c1-4-22-19(17-11-7-5-8-12-17)15(2)21(23)16(3)20(22)18-13-9-6-10-14-18/h5-16,19-20H,4H2,1-3H3/t15-,16-,19-,20-/m0/s1. The van der Waals surface area contributed by atoms with Crippen molar-refractivity contribution in [3.8, 4) is 0 Å². The Labute approximate surface area is 139 Å². The number of hydrogen-bond donors (Lipinski definition) is 0. The summed E-state index contributed by atoms with van der Waals surface area (Å²) in [6.07, 6.45) is 0. The molecule has 2 aromatic rings. The normalized spacial score (nSPS) is 28.7. The van der Waals surface area contributed by atoms with Crippen LogP contribution in [0.4, 0.5) is 0 Å². The minimum atomic E-state index is 0.0207. The molecule has 1 saturated heterocycles. The van der Waals surface area contributed by atoms with Gasteiger partial charge in [0.15, 0.2) is 0 Å². The Morgan fingerprint density at radius 2 is 1.17 bits per heavy atom. The van der Waals surface area contributed by atoms with E-state index in [0.29, 0.717) is 5.78 Å². The molecule has 4 atom stereocenters. The van der Waals surface area contributed by atoms with Crippen LogP contribution in [0, 0.1) is 11.8 Å². The first-order valence-corrected chi connectivity index (χ1v) is 8.54. The van der Waals surface area contributed by atoms with Crippen LogP contribution in [0.5, 0.6) is 0 Å². The van der Waals surface area contributed by atoms with E-state index in [1.807, 2.05) is 12.1 Å². The van der Waals surface area contributed by atoms with Gasteiger partial charge in [-0.25, -0.2) is 0 Å². The Kier molecular flexibility index (Phi) is 4.63. The molecule has 0 radical (unpaired) electrons. The van der Waals surface area contributed by atoms with Gasteiger partial charge in [-0.3, -0.25) is 9.69 Å². The summed E-state index contributed by atoms with van der Waals surface area (Å²) in [5.41, 5.74) is 2.48. The quantitative estimate of drug-likeness (QED) is 0.823. The van der Waals surface area contributed by atoms with Gasteiger partial charge in [-0.1, -0.05) is 81.4 Å². The lowest BCUT2D eigenvalue weighted by molar-refractivity contribution is -0.137. The summed E-state index contributed by atoms with van der Waals surface area (Å²) in [5, 5.41) is 0. The maximum Gasteiger partial charge on any atom is 0.142 e. The van der Waals surface area contributed by atoms with Gasteiger partial charge in [0, 0.05) is 23.9 Å². The molecule has 120 valence electrons. The van der Waals surface area contributed by atoms with Gasteiger partial charge in [0.1, 0.15) is 5.78 Å². The SMILES string of the molecule is CCN1[C@H](c2ccccc2)[C@H](C)C(=O)[C@@H](C)[C@H]1c1ccccc1. The average Bonchev–Trinajstić information content (AvgIpc) is 2.61. The zero-order valence-electron chi connectivity index (χ0n) is 14.1. The summed E-state index contributed by atoms with van der Waals surface area (Å²) in [6, 6.07) is 21.2. The van der Waals surface area contributed by atoms with E-state index in [0.717, 1.165) is 6.54 Å². The Balaban J connectivity index is 2.07. The first-order valence-electron chi connectivity index (χ1n) is 8.54. The molecule has 1 heterocycles. The van der Waals surface area contributed by atoms with E-state index in [4.69, 9.17) is 0 Å². The van der Waals surface area contributed by atoms with Crippen molar-refractivity contribution in [3.05, 3.63) is 71.8 Å². The molecule has 0 N–H and O–H groups in total. The van der Waals surface area contributed by atoms with Gasteiger partial charge in [-0.15, -0.1) is 0 Å². The topological polar surface area (TPSA) is 20.3 Å². The lowest BCUT2D eigenvalue weighted by atomic mass is 9.74. The number of rotatable bonds is 3. The Morgan fingerprint density at radius 1 is 0.783 bits per heavy atom. The van der Waals surface area contributed by atoms with Crippen LogP contribution >= 0.6 is 0 Å². The summed E-state index contributed by atoms with van der Waals surface area (Å²) in [7, 11) is 0. The minimum Gasteiger partial charge on any atom is -0.299 e. The first-order chi connectivity index (χ1) is 11.1. The number of carbonyl (C=O) groups excluding carboxylic acids is 1. The monoisotopic (exact) mass is 307 g/mol. The van der Waals surface area contributed by atoms with Crippen LogP contribution in [0.2, 0.25) is 0 Å². The second-order valence-electron chi connectivity index (χ2n) is 6.52. The molecule has 3 rings (SSSR count). The van der Waals surface area contributed by atoms with E-state index in [-0.39, 0.29) is 23.9 Å². The zero-order chi connectivity index (χ0) is 16.4. The van der Waals surface area contributed by atoms with Gasteiger partial charge in [0.25, 0.3) is 0 Å². The molecule has 0 unspecified atom stereocenters. The number of piperidine rings is 1. The van der Waals surface area contributed by atoms with Gasteiger partial charge in [-0.05, 0) is 17.7 Å². The Hall–Kier alpha value is -1.93. The molecule has 0 amide bonds. The number of ketones is 1. The molecule has 23 heavy (non-hydrogen) atoms. The molecule has 2 nitrogen and oxygen atoms in total. The van der Waals surface area contributed by atoms with E-state index >= 15 is 0 Å². The van der Waals surface area contributed by atoms with Gasteiger partial charge < -0.3 is 0 Å². The number of benzene rings is 2. The average molecular weight is 307 g/mol. The van der Waals surface area contributed by atoms with Gasteiger partial charge in [0.05, 0.1) is 0 Å². The van der Waals surface area contributed by atoms with Crippen LogP contribution in [-0.2, 0) is 4.79 Å². The maximum absolute atomic E-state index is 12.9. The summed E-state index contributed by atoms with van der Waals surface area (Å²) in [5.74, 6) is 0.414. The number of nitrogens with zero attached hydrogens (tertiary/aromatic N) is 1. The molecule has 0 aliphatic carbocycles. The van der Waals surface area contributed by atoms with E-state index < -0.39 is 0 Å². The van der Waals surface area contributed by atoms with Crippen molar-refractivity contribution in [1.82, 2.24) is 4.90 Å². The third-order valence-corrected chi connectivity index (χ3v) is 5.21. The van der Waals surface area contributed by atoms with Crippen LogP contribution < -0.4 is 0 Å². The summed E-state index contributed by atoms with van der Waals surface area (Å²) in [4.78, 5) is 15.4. The van der Waals surface area contributed by atoms with Crippen molar-refractivity contribution in [2.45, 2.75) is 32.9 Å². The van der Waals surface area contributed by atoms with Crippen molar-refractivity contribution < 1.29 is 4.79 Å². The largest absolute Gasteiger partial charge is 0.299 e. The van der Waals surface area contributed by atoms with Crippen molar-refractivity contribution in [1.29, 1.82) is 0 Å². The Morgan fingerprint density at radius 3 is 1.52 bits per heavy atom. The summed E-state index contributed by atoms with van der Waals surface area (Å²) < 4.78 is 0. The molecule has 0 spiro atoms. The molecule has 0 saturated carbocycles. The van der Waals surface area contributed by atoms with Crippen LogP contribution in [-0.4, -0.2) is 17.2 Å². The minimum absolute atomic E-state index is 0.0207. The number of hydrogen-bond acceptors (Lipinski definition) is 2. The van der Waals surface area contributed by atoms with Crippen LogP contribution in [0.25, 0.3) is 0 Å². The van der Waals surface area contributed by atoms with Crippen LogP contribution in [0.15, 0.2) is 60.7 Å². The molecule has 0 bridgehead atoms. The first kappa shape index (κ1) is 15.9. The van der Waals surface area contributed by atoms with E-state index in [9.17, 15) is 4.79 Å². The zero-order valence-corrected chi connectivity index (χ0v) is 14.1. The van der Waals surface area contributed by atoms with Crippen molar-refractivity contribution in [3.63, 3.8) is 0 Å². The van der Waals surface area contributed by atoms with Crippen molar-refractivity contribution in [2.24, 2.45) is 11.8 Å². The number of likely N-dealkylation sites (tertiary alicyclic amines) is 1. The second-order valence-corrected chi connectivity index (χ2v) is 6.52. The molecular weight excluding hydrogens is 282 g/mol. The van der Waals surface area contributed by atoms with Crippen molar-refractivity contribution in [2.75, 3.05) is 6.54 Å². The fourth-order valence-corrected chi connectivity index (χ4v) is 4.13. The molecule has 2 aromatic carbocycles. The van der Waals surface area contributed by atoms with Gasteiger partial charge in [-0.2, -0.15) is 0 Å². The summed E-state index contributed by atoms with van der Waals surface area (Å²) in [6.45, 7) is 7.29. The number of carbonyl (C=O) groups is 1. The van der Waals surface area contributed by atoms with Crippen LogP contribution in [0.1, 0.15) is 44.0 Å². The van der Waals surface area contributed by atoms with Gasteiger partial charge in [0.2, 0.25) is 0 Å². The molecule has 1 fully saturated rings. The highest BCUT2D eigenvalue weighted by Gasteiger charge is 2.45. The lowest BCUT2D eigenvalue weighted by Gasteiger charge is -2.48. The highest BCUT2D eigenvalue weighted by atomic mass is 16.1. The molecular formula is C21H25NO. The third kappa shape index (κ3) is 2.84.